The number of nitrogens with zero attached hydrogens (tertiary/aromatic N) is 5. The Labute approximate surface area is 143 Å². The first kappa shape index (κ1) is 14.8. The SMILES string of the molecule is CC(C)c1ncc(-c2cc(-c3cccnc3)cc3nc(N)nn23)s1. The quantitative estimate of drug-likeness (QED) is 0.618. The first-order chi connectivity index (χ1) is 11.6. The van der Waals surface area contributed by atoms with Gasteiger partial charge in [-0.2, -0.15) is 4.98 Å². The third kappa shape index (κ3) is 2.52. The van der Waals surface area contributed by atoms with E-state index in [4.69, 9.17) is 5.73 Å². The molecule has 0 radical (unpaired) electrons. The molecule has 0 aliphatic rings. The van der Waals surface area contributed by atoms with Gasteiger partial charge in [0.2, 0.25) is 5.95 Å². The molecule has 4 heterocycles. The number of pyridine rings is 2. The largest absolute Gasteiger partial charge is 0.366 e. The molecule has 4 aromatic rings. The van der Waals surface area contributed by atoms with E-state index in [-0.39, 0.29) is 5.95 Å². The van der Waals surface area contributed by atoms with Crippen LogP contribution in [-0.2, 0) is 0 Å². The van der Waals surface area contributed by atoms with Gasteiger partial charge in [-0.3, -0.25) is 4.98 Å². The van der Waals surface area contributed by atoms with Crippen LogP contribution < -0.4 is 5.73 Å². The van der Waals surface area contributed by atoms with E-state index in [1.165, 1.54) is 0 Å². The van der Waals surface area contributed by atoms with Crippen LogP contribution in [0.5, 0.6) is 0 Å². The molecule has 0 aliphatic carbocycles. The van der Waals surface area contributed by atoms with Crippen LogP contribution in [0, 0.1) is 0 Å². The second-order valence-electron chi connectivity index (χ2n) is 5.83. The highest BCUT2D eigenvalue weighted by atomic mass is 32.1. The smallest absolute Gasteiger partial charge is 0.240 e. The summed E-state index contributed by atoms with van der Waals surface area (Å²) < 4.78 is 1.77. The lowest BCUT2D eigenvalue weighted by Crippen LogP contribution is -1.95. The highest BCUT2D eigenvalue weighted by Crippen LogP contribution is 2.33. The molecule has 0 spiro atoms. The maximum absolute atomic E-state index is 5.81. The minimum absolute atomic E-state index is 0.258. The predicted molar refractivity (Wildman–Crippen MR) is 95.8 cm³/mol. The van der Waals surface area contributed by atoms with Crippen molar-refractivity contribution in [3.8, 4) is 21.7 Å². The lowest BCUT2D eigenvalue weighted by molar-refractivity contribution is 0.852. The summed E-state index contributed by atoms with van der Waals surface area (Å²) in [6.45, 7) is 4.27. The van der Waals surface area contributed by atoms with E-state index in [2.05, 4.69) is 40.0 Å². The fourth-order valence-corrected chi connectivity index (χ4v) is 3.47. The Morgan fingerprint density at radius 2 is 2.04 bits per heavy atom. The average Bonchev–Trinajstić information content (AvgIpc) is 3.20. The van der Waals surface area contributed by atoms with Gasteiger partial charge in [0.25, 0.3) is 0 Å². The van der Waals surface area contributed by atoms with Crippen LogP contribution in [0.2, 0.25) is 0 Å². The molecular weight excluding hydrogens is 320 g/mol. The van der Waals surface area contributed by atoms with Gasteiger partial charge in [0, 0.05) is 30.1 Å². The molecule has 0 aromatic carbocycles. The van der Waals surface area contributed by atoms with E-state index in [0.29, 0.717) is 11.6 Å². The molecule has 4 aromatic heterocycles. The molecule has 0 amide bonds. The van der Waals surface area contributed by atoms with E-state index < -0.39 is 0 Å². The predicted octanol–water partition coefficient (Wildman–Crippen LogP) is 3.62. The number of hydrogen-bond donors (Lipinski definition) is 1. The molecule has 7 heteroatoms. The average molecular weight is 336 g/mol. The molecule has 2 N–H and O–H groups in total. The molecule has 0 saturated heterocycles. The zero-order valence-corrected chi connectivity index (χ0v) is 14.2. The number of anilines is 1. The van der Waals surface area contributed by atoms with Crippen LogP contribution in [0.4, 0.5) is 5.95 Å². The summed E-state index contributed by atoms with van der Waals surface area (Å²) in [5.74, 6) is 0.648. The Morgan fingerprint density at radius 3 is 2.75 bits per heavy atom. The van der Waals surface area contributed by atoms with E-state index in [1.807, 2.05) is 30.6 Å². The number of hydrogen-bond acceptors (Lipinski definition) is 6. The maximum Gasteiger partial charge on any atom is 0.240 e. The Hall–Kier alpha value is -2.80. The molecular formula is C17H16N6S. The van der Waals surface area contributed by atoms with E-state index in [9.17, 15) is 0 Å². The van der Waals surface area contributed by atoms with E-state index in [1.54, 1.807) is 22.0 Å². The van der Waals surface area contributed by atoms with Crippen LogP contribution in [0.15, 0.2) is 42.9 Å². The van der Waals surface area contributed by atoms with Gasteiger partial charge in [-0.05, 0) is 23.8 Å². The summed E-state index contributed by atoms with van der Waals surface area (Å²) in [7, 11) is 0. The molecule has 0 bridgehead atoms. The Morgan fingerprint density at radius 1 is 1.17 bits per heavy atom. The van der Waals surface area contributed by atoms with Crippen molar-refractivity contribution in [2.75, 3.05) is 5.73 Å². The van der Waals surface area contributed by atoms with Crippen LogP contribution in [0.3, 0.4) is 0 Å². The van der Waals surface area contributed by atoms with Gasteiger partial charge >= 0.3 is 0 Å². The summed E-state index contributed by atoms with van der Waals surface area (Å²) >= 11 is 1.67. The number of nitrogen functional groups attached to an aromatic ring is 1. The normalized spacial score (nSPS) is 11.5. The lowest BCUT2D eigenvalue weighted by Gasteiger charge is -2.06. The number of nitrogens with two attached hydrogens (primary N) is 1. The van der Waals surface area contributed by atoms with E-state index in [0.717, 1.165) is 26.7 Å². The Kier molecular flexibility index (Phi) is 3.50. The molecule has 0 saturated carbocycles. The molecule has 120 valence electrons. The third-order valence-electron chi connectivity index (χ3n) is 3.72. The molecule has 0 atom stereocenters. The molecule has 0 unspecified atom stereocenters. The second-order valence-corrected chi connectivity index (χ2v) is 6.89. The lowest BCUT2D eigenvalue weighted by atomic mass is 10.1. The Bertz CT molecular complexity index is 1000. The second kappa shape index (κ2) is 5.68. The minimum Gasteiger partial charge on any atom is -0.366 e. The van der Waals surface area contributed by atoms with Crippen molar-refractivity contribution in [3.63, 3.8) is 0 Å². The van der Waals surface area contributed by atoms with Crippen molar-refractivity contribution >= 4 is 22.9 Å². The topological polar surface area (TPSA) is 82.0 Å². The number of rotatable bonds is 3. The summed E-state index contributed by atoms with van der Waals surface area (Å²) in [4.78, 5) is 14.1. The van der Waals surface area contributed by atoms with Crippen LogP contribution >= 0.6 is 11.3 Å². The summed E-state index contributed by atoms with van der Waals surface area (Å²) in [6.07, 6.45) is 5.48. The summed E-state index contributed by atoms with van der Waals surface area (Å²) in [6, 6.07) is 7.99. The van der Waals surface area contributed by atoms with Crippen molar-refractivity contribution < 1.29 is 0 Å². The van der Waals surface area contributed by atoms with Crippen molar-refractivity contribution in [2.45, 2.75) is 19.8 Å². The molecule has 24 heavy (non-hydrogen) atoms. The van der Waals surface area contributed by atoms with Gasteiger partial charge in [-0.25, -0.2) is 9.50 Å². The number of thiazole rings is 1. The standard InChI is InChI=1S/C17H16N6S/c1-10(2)16-20-9-14(24-16)13-6-12(11-4-3-5-19-8-11)7-15-21-17(18)22-23(13)15/h3-10H,1-2H3,(H2,18,22). The van der Waals surface area contributed by atoms with Gasteiger partial charge in [0.1, 0.15) is 0 Å². The van der Waals surface area contributed by atoms with E-state index >= 15 is 0 Å². The monoisotopic (exact) mass is 336 g/mol. The number of aromatic nitrogens is 5. The van der Waals surface area contributed by atoms with Crippen molar-refractivity contribution in [1.82, 2.24) is 24.6 Å². The summed E-state index contributed by atoms with van der Waals surface area (Å²) in [5.41, 5.74) is 9.50. The molecule has 0 aliphatic heterocycles. The first-order valence-corrected chi connectivity index (χ1v) is 8.46. The van der Waals surface area contributed by atoms with Crippen molar-refractivity contribution in [3.05, 3.63) is 47.9 Å². The zero-order chi connectivity index (χ0) is 16.7. The zero-order valence-electron chi connectivity index (χ0n) is 13.3. The molecule has 4 rings (SSSR count). The highest BCUT2D eigenvalue weighted by molar-refractivity contribution is 7.15. The summed E-state index contributed by atoms with van der Waals surface area (Å²) in [5, 5.41) is 5.42. The molecule has 6 nitrogen and oxygen atoms in total. The van der Waals surface area contributed by atoms with Crippen LogP contribution in [-0.4, -0.2) is 24.6 Å². The Balaban J connectivity index is 1.95. The van der Waals surface area contributed by atoms with Gasteiger partial charge in [-0.1, -0.05) is 19.9 Å². The number of fused-ring (bicyclic) bond motifs is 1. The van der Waals surface area contributed by atoms with Crippen LogP contribution in [0.25, 0.3) is 27.3 Å². The van der Waals surface area contributed by atoms with Crippen LogP contribution in [0.1, 0.15) is 24.8 Å². The van der Waals surface area contributed by atoms with Gasteiger partial charge in [0.05, 0.1) is 15.6 Å². The first-order valence-electron chi connectivity index (χ1n) is 7.64. The minimum atomic E-state index is 0.258. The van der Waals surface area contributed by atoms with Crippen molar-refractivity contribution in [2.24, 2.45) is 0 Å². The third-order valence-corrected chi connectivity index (χ3v) is 5.04. The van der Waals surface area contributed by atoms with Gasteiger partial charge < -0.3 is 5.73 Å². The maximum atomic E-state index is 5.81. The fraction of sp³-hybridized carbons (Fsp3) is 0.176. The van der Waals surface area contributed by atoms with Gasteiger partial charge in [0.15, 0.2) is 5.65 Å². The highest BCUT2D eigenvalue weighted by Gasteiger charge is 2.15. The van der Waals surface area contributed by atoms with Gasteiger partial charge in [-0.15, -0.1) is 16.4 Å². The van der Waals surface area contributed by atoms with Crippen molar-refractivity contribution in [1.29, 1.82) is 0 Å². The molecule has 0 fully saturated rings. The fourth-order valence-electron chi connectivity index (χ4n) is 2.55.